The molecule has 150 valence electrons. The number of carbonyl (C=O) groups is 1. The molecule has 8 heteroatoms. The van der Waals surface area contributed by atoms with Gasteiger partial charge in [-0.15, -0.1) is 0 Å². The average Bonchev–Trinajstić information content (AvgIpc) is 2.69. The van der Waals surface area contributed by atoms with E-state index in [0.29, 0.717) is 44.8 Å². The molecule has 2 aromatic rings. The van der Waals surface area contributed by atoms with Crippen LogP contribution in [0.5, 0.6) is 0 Å². The van der Waals surface area contributed by atoms with Crippen molar-refractivity contribution >= 4 is 36.3 Å². The molecule has 2 rings (SSSR count). The fourth-order valence-electron chi connectivity index (χ4n) is 2.92. The lowest BCUT2D eigenvalue weighted by atomic mass is 10.0. The van der Waals surface area contributed by atoms with Gasteiger partial charge in [-0.05, 0) is 36.9 Å². The Bertz CT molecular complexity index is 1060. The van der Waals surface area contributed by atoms with Gasteiger partial charge in [0.25, 0.3) is 0 Å². The minimum absolute atomic E-state index is 0.319. The second-order valence-corrected chi connectivity index (χ2v) is 11.4. The van der Waals surface area contributed by atoms with E-state index in [1.54, 1.807) is 56.6 Å². The van der Waals surface area contributed by atoms with Crippen molar-refractivity contribution in [1.82, 2.24) is 4.98 Å². The number of rotatable bonds is 7. The zero-order chi connectivity index (χ0) is 21.8. The van der Waals surface area contributed by atoms with E-state index >= 15 is 0 Å². The van der Waals surface area contributed by atoms with Gasteiger partial charge in [-0.1, -0.05) is 36.9 Å². The van der Waals surface area contributed by atoms with Crippen LogP contribution in [0.2, 0.25) is 0 Å². The van der Waals surface area contributed by atoms with Crippen molar-refractivity contribution in [3.05, 3.63) is 46.5 Å². The molecule has 1 aromatic carbocycles. The summed E-state index contributed by atoms with van der Waals surface area (Å²) in [5.41, 5.74) is 2.02. The summed E-state index contributed by atoms with van der Waals surface area (Å²) < 4.78 is 12.4. The number of anilines is 1. The molecule has 0 radical (unpaired) electrons. The molecule has 29 heavy (non-hydrogen) atoms. The Hall–Kier alpha value is -2.60. The zero-order valence-corrected chi connectivity index (χ0v) is 18.8. The number of thioether (sulfide) groups is 1. The Labute approximate surface area is 175 Å². The van der Waals surface area contributed by atoms with Gasteiger partial charge in [-0.25, -0.2) is 4.98 Å². The number of pyridine rings is 1. The first kappa shape index (κ1) is 22.7. The Balaban J connectivity index is 2.62. The molecule has 0 spiro atoms. The quantitative estimate of drug-likeness (QED) is 0.378. The van der Waals surface area contributed by atoms with Crippen LogP contribution in [-0.2, 0) is 15.8 Å². The number of hydrogen-bond donors (Lipinski definition) is 0. The first-order valence-corrected chi connectivity index (χ1v) is 12.5. The van der Waals surface area contributed by atoms with E-state index in [2.05, 4.69) is 17.1 Å². The van der Waals surface area contributed by atoms with E-state index in [4.69, 9.17) is 0 Å². The SMILES string of the molecule is CCc1c(C#N)c(SC(C=O)c2cccc(P(C)(C)=O)c2)nc(N(C)C)c1C#N. The lowest BCUT2D eigenvalue weighted by Crippen LogP contribution is -2.16. The van der Waals surface area contributed by atoms with Crippen LogP contribution >= 0.6 is 18.9 Å². The summed E-state index contributed by atoms with van der Waals surface area (Å²) >= 11 is 1.17. The summed E-state index contributed by atoms with van der Waals surface area (Å²) in [7, 11) is 1.09. The number of nitrogens with zero attached hydrogens (tertiary/aromatic N) is 4. The highest BCUT2D eigenvalue weighted by Gasteiger charge is 2.24. The molecule has 0 saturated heterocycles. The fraction of sp³-hybridized carbons (Fsp3) is 0.333. The normalized spacial score (nSPS) is 12.0. The summed E-state index contributed by atoms with van der Waals surface area (Å²) in [5.74, 6) is 0.468. The number of carbonyl (C=O) groups excluding carboxylic acids is 1. The Morgan fingerprint density at radius 2 is 1.90 bits per heavy atom. The van der Waals surface area contributed by atoms with E-state index < -0.39 is 12.4 Å². The number of hydrogen-bond acceptors (Lipinski definition) is 7. The van der Waals surface area contributed by atoms with Crippen LogP contribution in [0.25, 0.3) is 0 Å². The molecule has 0 aliphatic carbocycles. The molecular formula is C21H23N4O2PS. The van der Waals surface area contributed by atoms with E-state index in [1.807, 2.05) is 6.92 Å². The Morgan fingerprint density at radius 1 is 1.24 bits per heavy atom. The molecule has 0 amide bonds. The number of nitriles is 2. The molecule has 1 aromatic heterocycles. The third kappa shape index (κ3) is 4.88. The molecule has 1 atom stereocenters. The number of benzene rings is 1. The Kier molecular flexibility index (Phi) is 7.25. The van der Waals surface area contributed by atoms with Gasteiger partial charge in [-0.2, -0.15) is 10.5 Å². The molecule has 0 bridgehead atoms. The number of aromatic nitrogens is 1. The van der Waals surface area contributed by atoms with Crippen molar-refractivity contribution in [2.45, 2.75) is 23.6 Å². The van der Waals surface area contributed by atoms with Crippen LogP contribution in [0.3, 0.4) is 0 Å². The summed E-state index contributed by atoms with van der Waals surface area (Å²) in [5, 5.41) is 19.8. The topological polar surface area (TPSA) is 97.8 Å². The van der Waals surface area contributed by atoms with Crippen molar-refractivity contribution in [1.29, 1.82) is 10.5 Å². The minimum Gasteiger partial charge on any atom is -0.362 e. The smallest absolute Gasteiger partial charge is 0.147 e. The van der Waals surface area contributed by atoms with E-state index in [0.717, 1.165) is 6.29 Å². The van der Waals surface area contributed by atoms with Gasteiger partial charge in [0, 0.05) is 19.4 Å². The average molecular weight is 426 g/mol. The maximum absolute atomic E-state index is 12.4. The summed E-state index contributed by atoms with van der Waals surface area (Å²) in [6.45, 7) is 5.25. The summed E-state index contributed by atoms with van der Waals surface area (Å²) in [6.07, 6.45) is 1.29. The maximum atomic E-state index is 12.4. The lowest BCUT2D eigenvalue weighted by molar-refractivity contribution is -0.107. The van der Waals surface area contributed by atoms with Crippen molar-refractivity contribution < 1.29 is 9.36 Å². The van der Waals surface area contributed by atoms with Crippen LogP contribution < -0.4 is 10.2 Å². The highest BCUT2D eigenvalue weighted by atomic mass is 32.2. The molecule has 0 fully saturated rings. The second kappa shape index (κ2) is 9.27. The Morgan fingerprint density at radius 3 is 2.38 bits per heavy atom. The fourth-order valence-corrected chi connectivity index (χ4v) is 4.83. The third-order valence-electron chi connectivity index (χ3n) is 4.43. The van der Waals surface area contributed by atoms with E-state index in [9.17, 15) is 19.9 Å². The minimum atomic E-state index is -2.47. The standard InChI is InChI=1S/C21H23N4O2PS/c1-6-16-17(11-22)20(25(2)3)24-21(18(16)12-23)29-19(13-26)14-8-7-9-15(10-14)28(4,5)27/h7-10,13,19H,6H2,1-5H3. The molecule has 0 aliphatic heterocycles. The second-order valence-electron chi connectivity index (χ2n) is 7.06. The molecule has 1 unspecified atom stereocenters. The highest BCUT2D eigenvalue weighted by Crippen LogP contribution is 2.40. The van der Waals surface area contributed by atoms with E-state index in [1.165, 1.54) is 11.8 Å². The van der Waals surface area contributed by atoms with Crippen molar-refractivity contribution in [3.8, 4) is 12.1 Å². The maximum Gasteiger partial charge on any atom is 0.147 e. The molecule has 6 nitrogen and oxygen atoms in total. The molecule has 0 aliphatic rings. The molecule has 1 heterocycles. The van der Waals surface area contributed by atoms with Gasteiger partial charge in [0.2, 0.25) is 0 Å². The van der Waals surface area contributed by atoms with Gasteiger partial charge in [0.1, 0.15) is 36.4 Å². The lowest BCUT2D eigenvalue weighted by Gasteiger charge is -2.20. The van der Waals surface area contributed by atoms with Crippen molar-refractivity contribution in [3.63, 3.8) is 0 Å². The largest absolute Gasteiger partial charge is 0.362 e. The first-order chi connectivity index (χ1) is 13.7. The van der Waals surface area contributed by atoms with Crippen LogP contribution in [0.4, 0.5) is 5.82 Å². The third-order valence-corrected chi connectivity index (χ3v) is 7.11. The van der Waals surface area contributed by atoms with Crippen LogP contribution in [0.15, 0.2) is 29.3 Å². The zero-order valence-electron chi connectivity index (χ0n) is 17.1. The van der Waals surface area contributed by atoms with Crippen LogP contribution in [-0.4, -0.2) is 38.7 Å². The van der Waals surface area contributed by atoms with Gasteiger partial charge in [0.05, 0.1) is 16.4 Å². The summed E-state index contributed by atoms with van der Waals surface area (Å²) in [4.78, 5) is 18.2. The van der Waals surface area contributed by atoms with Crippen molar-refractivity contribution in [2.24, 2.45) is 0 Å². The predicted molar refractivity (Wildman–Crippen MR) is 118 cm³/mol. The van der Waals surface area contributed by atoms with Crippen LogP contribution in [0.1, 0.15) is 34.4 Å². The monoisotopic (exact) mass is 426 g/mol. The van der Waals surface area contributed by atoms with Gasteiger partial charge in [-0.3, -0.25) is 0 Å². The van der Waals surface area contributed by atoms with Gasteiger partial charge >= 0.3 is 0 Å². The van der Waals surface area contributed by atoms with E-state index in [-0.39, 0.29) is 0 Å². The van der Waals surface area contributed by atoms with Crippen molar-refractivity contribution in [2.75, 3.05) is 32.3 Å². The summed E-state index contributed by atoms with van der Waals surface area (Å²) in [6, 6.07) is 11.5. The molecular weight excluding hydrogens is 403 g/mol. The molecule has 0 N–H and O–H groups in total. The van der Waals surface area contributed by atoms with Crippen LogP contribution in [0, 0.1) is 22.7 Å². The first-order valence-electron chi connectivity index (χ1n) is 8.99. The number of aldehydes is 1. The predicted octanol–water partition coefficient (Wildman–Crippen LogP) is 3.73. The highest BCUT2D eigenvalue weighted by molar-refractivity contribution is 8.00. The van der Waals surface area contributed by atoms with Gasteiger partial charge in [0.15, 0.2) is 0 Å². The van der Waals surface area contributed by atoms with Gasteiger partial charge < -0.3 is 14.3 Å². The molecule has 0 saturated carbocycles.